The van der Waals surface area contributed by atoms with Crippen LogP contribution in [-0.2, 0) is 35.8 Å². The zero-order chi connectivity index (χ0) is 46.8. The minimum absolute atomic E-state index is 0.0780. The van der Waals surface area contributed by atoms with E-state index < -0.39 is 66.6 Å². The fourth-order valence-corrected chi connectivity index (χ4v) is 9.19. The van der Waals surface area contributed by atoms with Crippen LogP contribution in [0.25, 0.3) is 10.9 Å². The van der Waals surface area contributed by atoms with Gasteiger partial charge in [-0.3, -0.25) is 38.8 Å². The molecule has 0 radical (unpaired) electrons. The van der Waals surface area contributed by atoms with Crippen molar-refractivity contribution < 1.29 is 56.6 Å². The maximum absolute atomic E-state index is 14.4. The summed E-state index contributed by atoms with van der Waals surface area (Å²) in [7, 11) is -4.06. The lowest BCUT2D eigenvalue weighted by atomic mass is 10.0. The van der Waals surface area contributed by atoms with Crippen LogP contribution in [0.2, 0.25) is 5.02 Å². The highest BCUT2D eigenvalue weighted by molar-refractivity contribution is 7.52. The number of fused-ring (bicyclic) bond motifs is 2. The number of carbonyl (C=O) groups is 6. The number of urea groups is 1. The van der Waals surface area contributed by atoms with E-state index in [1.54, 1.807) is 37.4 Å². The summed E-state index contributed by atoms with van der Waals surface area (Å²) in [4.78, 5) is 105. The maximum Gasteiger partial charge on any atom is 0.399 e. The first kappa shape index (κ1) is 47.1. The number of hydrogen-bond acceptors (Lipinski definition) is 9. The average Bonchev–Trinajstić information content (AvgIpc) is 3.88. The van der Waals surface area contributed by atoms with Crippen LogP contribution in [0.15, 0.2) is 66.7 Å². The number of H-pyrrole nitrogens is 1. The van der Waals surface area contributed by atoms with E-state index in [9.17, 15) is 51.9 Å². The molecule has 65 heavy (non-hydrogen) atoms. The number of rotatable bonds is 15. The topological polar surface area (TPSA) is 257 Å². The number of nitrogens with zero attached hydrogens (tertiary/aromatic N) is 3. The molecule has 7 rings (SSSR count). The number of anilines is 1. The highest BCUT2D eigenvalue weighted by atomic mass is 35.5. The number of alkyl halides is 2. The van der Waals surface area contributed by atoms with Crippen molar-refractivity contribution in [2.24, 2.45) is 5.73 Å². The van der Waals surface area contributed by atoms with E-state index in [1.807, 2.05) is 17.0 Å². The Hall–Kier alpha value is -5.92. The van der Waals surface area contributed by atoms with E-state index in [1.165, 1.54) is 15.9 Å². The third-order valence-electron chi connectivity index (χ3n) is 11.9. The quantitative estimate of drug-likeness (QED) is 0.0846. The lowest BCUT2D eigenvalue weighted by Crippen LogP contribution is -2.60. The molecular formula is C43H48ClF2N8O10P. The number of aromatic nitrogens is 1. The van der Waals surface area contributed by atoms with Crippen LogP contribution in [0.3, 0.4) is 0 Å². The largest absolute Gasteiger partial charge is 0.490 e. The Labute approximate surface area is 376 Å². The maximum atomic E-state index is 14.4. The van der Waals surface area contributed by atoms with Crippen LogP contribution in [0, 0.1) is 0 Å². The SMILES string of the molecule is CN1CC[C@H]2CC[C@@H](C(=O)N[C@@H](CCC(N)=O)COc3cccc(Cc4ccccc4N4CCC(=O)NC4=O)c3Cl)N2C(=O)[C@@H](NC(=O)c2cc3cc(C(F)(F)P(=O)(O)O)ccc3[nH]2)C1. The number of likely N-dealkylation sites (N-methyl/N-ethyl adjacent to an activating group) is 1. The third kappa shape index (κ3) is 10.5. The molecule has 4 aromatic rings. The number of amides is 7. The molecule has 18 nitrogen and oxygen atoms in total. The smallest absolute Gasteiger partial charge is 0.399 e. The predicted octanol–water partition coefficient (Wildman–Crippen LogP) is 3.71. The summed E-state index contributed by atoms with van der Waals surface area (Å²) in [6.45, 7) is 0.704. The van der Waals surface area contributed by atoms with Gasteiger partial charge in [-0.25, -0.2) is 4.79 Å². The minimum Gasteiger partial charge on any atom is -0.490 e. The fourth-order valence-electron chi connectivity index (χ4n) is 8.47. The van der Waals surface area contributed by atoms with Crippen molar-refractivity contribution in [1.29, 1.82) is 0 Å². The second kappa shape index (κ2) is 19.3. The Bertz CT molecular complexity index is 2570. The zero-order valence-corrected chi connectivity index (χ0v) is 36.7. The number of ether oxygens (including phenoxy) is 1. The minimum atomic E-state index is -5.84. The molecular weight excluding hydrogens is 893 g/mol. The molecule has 4 heterocycles. The highest BCUT2D eigenvalue weighted by Gasteiger charge is 2.50. The Balaban J connectivity index is 1.04. The van der Waals surface area contributed by atoms with E-state index in [2.05, 4.69) is 20.9 Å². The highest BCUT2D eigenvalue weighted by Crippen LogP contribution is 2.59. The van der Waals surface area contributed by atoms with Gasteiger partial charge in [-0.1, -0.05) is 48.0 Å². The van der Waals surface area contributed by atoms with Gasteiger partial charge in [0.15, 0.2) is 0 Å². The molecule has 22 heteroatoms. The first-order chi connectivity index (χ1) is 30.8. The molecule has 3 saturated heterocycles. The summed E-state index contributed by atoms with van der Waals surface area (Å²) in [5, 5.41) is 8.36. The molecule has 3 fully saturated rings. The van der Waals surface area contributed by atoms with E-state index in [-0.39, 0.29) is 72.5 Å². The molecule has 0 bridgehead atoms. The predicted molar refractivity (Wildman–Crippen MR) is 233 cm³/mol. The third-order valence-corrected chi connectivity index (χ3v) is 13.3. The molecule has 1 aromatic heterocycles. The van der Waals surface area contributed by atoms with Crippen molar-refractivity contribution in [2.45, 2.75) is 74.8 Å². The van der Waals surface area contributed by atoms with Crippen molar-refractivity contribution in [3.63, 3.8) is 0 Å². The Kier molecular flexibility index (Phi) is 14.0. The molecule has 3 aliphatic heterocycles. The summed E-state index contributed by atoms with van der Waals surface area (Å²) >= 11 is 6.89. The lowest BCUT2D eigenvalue weighted by molar-refractivity contribution is -0.143. The van der Waals surface area contributed by atoms with Gasteiger partial charge in [-0.15, -0.1) is 0 Å². The van der Waals surface area contributed by atoms with Crippen LogP contribution >= 0.6 is 19.2 Å². The second-order valence-corrected chi connectivity index (χ2v) is 18.5. The lowest BCUT2D eigenvalue weighted by Gasteiger charge is -2.38. The van der Waals surface area contributed by atoms with Crippen LogP contribution in [0.5, 0.6) is 5.75 Å². The van der Waals surface area contributed by atoms with Crippen LogP contribution in [0.1, 0.15) is 65.7 Å². The van der Waals surface area contributed by atoms with Gasteiger partial charge in [-0.05, 0) is 80.7 Å². The standard InChI is InChI=1S/C43H48ClF2N8O10P/c1-52-17-15-29-11-13-34(54(29)41(59)32(22-52)50-39(57)31-21-26-20-27(9-12-30(26)49-31)43(45,46)65(61,62)63)40(58)48-28(10-14-36(47)55)23-64-35-8-4-6-25(38(35)44)19-24-5-2-3-7-33(24)53-18-16-37(56)51-42(53)60/h2-9,12,20-21,28-29,32,34,49H,10-11,13-19,22-23H2,1H3,(H2,47,55)(H,48,58)(H,50,57)(H,51,56,60)(H2,61,62,63)/t28-,29+,32-,34-/m0/s1. The number of para-hydroxylation sites is 1. The molecule has 0 aliphatic carbocycles. The Morgan fingerprint density at radius 3 is 2.51 bits per heavy atom. The van der Waals surface area contributed by atoms with Crippen molar-refractivity contribution in [3.05, 3.63) is 94.1 Å². The average molecular weight is 941 g/mol. The summed E-state index contributed by atoms with van der Waals surface area (Å²) in [6, 6.07) is 12.9. The van der Waals surface area contributed by atoms with Crippen LogP contribution < -0.4 is 31.3 Å². The number of nitrogens with two attached hydrogens (primary N) is 1. The number of aromatic amines is 1. The summed E-state index contributed by atoms with van der Waals surface area (Å²) in [5.74, 6) is -2.44. The summed E-state index contributed by atoms with van der Waals surface area (Å²) < 4.78 is 46.5. The van der Waals surface area contributed by atoms with Gasteiger partial charge >= 0.3 is 19.3 Å². The number of halogens is 3. The summed E-state index contributed by atoms with van der Waals surface area (Å²) in [6.07, 6.45) is 1.83. The van der Waals surface area contributed by atoms with Gasteiger partial charge in [0.25, 0.3) is 5.91 Å². The number of primary amides is 1. The van der Waals surface area contributed by atoms with Crippen molar-refractivity contribution in [1.82, 2.24) is 30.7 Å². The van der Waals surface area contributed by atoms with E-state index in [0.717, 1.165) is 23.8 Å². The Morgan fingerprint density at radius 2 is 1.77 bits per heavy atom. The van der Waals surface area contributed by atoms with Crippen molar-refractivity contribution in [2.75, 3.05) is 38.2 Å². The normalized spacial score (nSPS) is 20.2. The molecule has 346 valence electrons. The van der Waals surface area contributed by atoms with E-state index >= 15 is 0 Å². The molecule has 8 N–H and O–H groups in total. The molecule has 4 atom stereocenters. The molecule has 7 amide bonds. The van der Waals surface area contributed by atoms with E-state index in [4.69, 9.17) is 22.1 Å². The molecule has 3 aliphatic rings. The zero-order valence-electron chi connectivity index (χ0n) is 35.1. The second-order valence-electron chi connectivity index (χ2n) is 16.5. The number of benzene rings is 3. The van der Waals surface area contributed by atoms with Gasteiger partial charge in [0.2, 0.25) is 23.6 Å². The van der Waals surface area contributed by atoms with Crippen molar-refractivity contribution >= 4 is 71.4 Å². The van der Waals surface area contributed by atoms with Gasteiger partial charge in [0, 0.05) is 60.5 Å². The molecule has 0 spiro atoms. The molecule has 0 saturated carbocycles. The fraction of sp³-hybridized carbons (Fsp3) is 0.395. The van der Waals surface area contributed by atoms with Crippen molar-refractivity contribution in [3.8, 4) is 5.75 Å². The monoisotopic (exact) mass is 940 g/mol. The van der Waals surface area contributed by atoms with Crippen LogP contribution in [0.4, 0.5) is 19.3 Å². The first-order valence-electron chi connectivity index (χ1n) is 20.9. The number of carbonyl (C=O) groups excluding carboxylic acids is 6. The number of nitrogens with one attached hydrogen (secondary N) is 4. The number of imide groups is 1. The van der Waals surface area contributed by atoms with E-state index in [0.29, 0.717) is 49.2 Å². The van der Waals surface area contributed by atoms with Crippen LogP contribution in [-0.4, -0.2) is 118 Å². The van der Waals surface area contributed by atoms with Gasteiger partial charge < -0.3 is 45.7 Å². The first-order valence-corrected chi connectivity index (χ1v) is 22.9. The van der Waals surface area contributed by atoms with Gasteiger partial charge in [-0.2, -0.15) is 8.78 Å². The summed E-state index contributed by atoms with van der Waals surface area (Å²) in [5.41, 5.74) is 2.29. The molecule has 3 aromatic carbocycles. The Morgan fingerprint density at radius 1 is 1.02 bits per heavy atom. The number of hydrogen-bond donors (Lipinski definition) is 7. The molecule has 0 unspecified atom stereocenters. The van der Waals surface area contributed by atoms with Gasteiger partial charge in [0.05, 0.1) is 11.1 Å². The van der Waals surface area contributed by atoms with Gasteiger partial charge in [0.1, 0.15) is 30.1 Å².